The number of terminal acetylenes is 1. The molecule has 41 heavy (non-hydrogen) atoms. The Morgan fingerprint density at radius 1 is 0.634 bits per heavy atom. The molecule has 0 saturated carbocycles. The third-order valence-corrected chi connectivity index (χ3v) is 5.45. The highest BCUT2D eigenvalue weighted by molar-refractivity contribution is 14.1. The molecule has 0 aliphatic rings. The van der Waals surface area contributed by atoms with Gasteiger partial charge in [-0.3, -0.25) is 0 Å². The quantitative estimate of drug-likeness (QED) is 0.187. The van der Waals surface area contributed by atoms with Gasteiger partial charge in [-0.1, -0.05) is 5.92 Å². The van der Waals surface area contributed by atoms with E-state index in [1.54, 1.807) is 89.1 Å². The van der Waals surface area contributed by atoms with Crippen LogP contribution in [0.2, 0.25) is 0 Å². The predicted octanol–water partition coefficient (Wildman–Crippen LogP) is 5.28. The van der Waals surface area contributed by atoms with Crippen LogP contribution in [0.3, 0.4) is 0 Å². The van der Waals surface area contributed by atoms with Crippen molar-refractivity contribution in [2.75, 3.05) is 0 Å². The van der Waals surface area contributed by atoms with Crippen LogP contribution >= 0.6 is 22.6 Å². The van der Waals surface area contributed by atoms with Crippen molar-refractivity contribution in [3.63, 3.8) is 0 Å². The molecule has 200 valence electrons. The van der Waals surface area contributed by atoms with Crippen molar-refractivity contribution in [2.24, 2.45) is 0 Å². The van der Waals surface area contributed by atoms with E-state index in [2.05, 4.69) is 70.5 Å². The van der Waals surface area contributed by atoms with Gasteiger partial charge in [0.1, 0.15) is 11.6 Å². The van der Waals surface area contributed by atoms with E-state index in [0.29, 0.717) is 11.6 Å². The molecule has 6 aromatic rings. The Labute approximate surface area is 248 Å². The number of nitrogens with zero attached hydrogens (tertiary/aromatic N) is 8. The fraction of sp³-hybridized carbons (Fsp3) is 0. The minimum Gasteiger partial charge on any atom is -0.240 e. The van der Waals surface area contributed by atoms with Crippen LogP contribution in [0.1, 0.15) is 17.2 Å². The highest BCUT2D eigenvalue weighted by Crippen LogP contribution is 2.11. The van der Waals surface area contributed by atoms with E-state index < -0.39 is 0 Å². The number of hydrogen-bond acceptors (Lipinski definition) is 6. The predicted molar refractivity (Wildman–Crippen MR) is 158 cm³/mol. The van der Waals surface area contributed by atoms with E-state index >= 15 is 0 Å². The van der Waals surface area contributed by atoms with Crippen LogP contribution in [-0.2, 0) is 0 Å². The number of benzene rings is 2. The SMILES string of the molecule is C#Cc1ncccn1.Fc1ccc(-n2cc(C#Cc3ncccn3)cn2)cc1.Fc1ccc(-n2cc(I)cn2)cc1. The highest BCUT2D eigenvalue weighted by atomic mass is 127. The Hall–Kier alpha value is -5.27. The first-order valence-corrected chi connectivity index (χ1v) is 12.9. The van der Waals surface area contributed by atoms with Crippen molar-refractivity contribution in [2.45, 2.75) is 0 Å². The van der Waals surface area contributed by atoms with Gasteiger partial charge < -0.3 is 0 Å². The summed E-state index contributed by atoms with van der Waals surface area (Å²) in [5, 5.41) is 8.28. The van der Waals surface area contributed by atoms with Crippen molar-refractivity contribution < 1.29 is 8.78 Å². The second kappa shape index (κ2) is 14.8. The van der Waals surface area contributed by atoms with Gasteiger partial charge >= 0.3 is 0 Å². The summed E-state index contributed by atoms with van der Waals surface area (Å²) in [4.78, 5) is 15.5. The van der Waals surface area contributed by atoms with Gasteiger partial charge in [-0.05, 0) is 95.1 Å². The normalized spacial score (nSPS) is 9.61. The first kappa shape index (κ1) is 28.7. The minimum atomic E-state index is -0.276. The van der Waals surface area contributed by atoms with Gasteiger partial charge in [0.25, 0.3) is 0 Å². The highest BCUT2D eigenvalue weighted by Gasteiger charge is 2.00. The molecule has 0 aliphatic carbocycles. The van der Waals surface area contributed by atoms with E-state index in [0.717, 1.165) is 20.5 Å². The second-order valence-corrected chi connectivity index (χ2v) is 9.01. The summed E-state index contributed by atoms with van der Waals surface area (Å²) in [6, 6.07) is 15.8. The third-order valence-electron chi connectivity index (χ3n) is 4.90. The fourth-order valence-electron chi connectivity index (χ4n) is 3.02. The molecule has 0 N–H and O–H groups in total. The maximum absolute atomic E-state index is 12.9. The summed E-state index contributed by atoms with van der Waals surface area (Å²) in [6.07, 6.45) is 18.5. The summed E-state index contributed by atoms with van der Waals surface area (Å²) in [6.45, 7) is 0. The Morgan fingerprint density at radius 2 is 1.12 bits per heavy atom. The van der Waals surface area contributed by atoms with Crippen LogP contribution in [0.25, 0.3) is 11.4 Å². The zero-order valence-electron chi connectivity index (χ0n) is 21.2. The molecule has 0 aliphatic heterocycles. The molecule has 2 aromatic carbocycles. The Balaban J connectivity index is 0.000000158. The number of rotatable bonds is 2. The average molecular weight is 656 g/mol. The molecular weight excluding hydrogens is 637 g/mol. The van der Waals surface area contributed by atoms with Gasteiger partial charge in [-0.15, -0.1) is 6.42 Å². The maximum Gasteiger partial charge on any atom is 0.205 e. The number of aromatic nitrogens is 8. The minimum absolute atomic E-state index is 0.231. The van der Waals surface area contributed by atoms with Crippen LogP contribution in [0.15, 0.2) is 110 Å². The summed E-state index contributed by atoms with van der Waals surface area (Å²) in [5.74, 6) is 8.48. The van der Waals surface area contributed by atoms with E-state index in [9.17, 15) is 8.78 Å². The molecule has 0 spiro atoms. The molecular formula is C30H19F2IN8. The van der Waals surface area contributed by atoms with Crippen LogP contribution in [0.5, 0.6) is 0 Å². The lowest BCUT2D eigenvalue weighted by molar-refractivity contribution is 0.626. The van der Waals surface area contributed by atoms with Crippen LogP contribution in [-0.4, -0.2) is 39.5 Å². The topological polar surface area (TPSA) is 87.2 Å². The smallest absolute Gasteiger partial charge is 0.205 e. The van der Waals surface area contributed by atoms with Crippen molar-refractivity contribution in [3.8, 4) is 35.6 Å². The van der Waals surface area contributed by atoms with Crippen LogP contribution < -0.4 is 0 Å². The van der Waals surface area contributed by atoms with Gasteiger partial charge in [0, 0.05) is 37.2 Å². The molecule has 6 rings (SSSR count). The van der Waals surface area contributed by atoms with Gasteiger partial charge in [0.05, 0.1) is 32.9 Å². The molecule has 0 saturated heterocycles. The summed E-state index contributed by atoms with van der Waals surface area (Å²) in [5.41, 5.74) is 2.38. The van der Waals surface area contributed by atoms with E-state index in [4.69, 9.17) is 6.42 Å². The third kappa shape index (κ3) is 9.16. The van der Waals surface area contributed by atoms with Gasteiger partial charge in [-0.2, -0.15) is 10.2 Å². The monoisotopic (exact) mass is 656 g/mol. The number of halogens is 3. The lowest BCUT2D eigenvalue weighted by atomic mass is 10.3. The molecule has 0 fully saturated rings. The zero-order chi connectivity index (χ0) is 28.9. The van der Waals surface area contributed by atoms with E-state index in [1.165, 1.54) is 24.3 Å². The lowest BCUT2D eigenvalue weighted by Crippen LogP contribution is -1.93. The number of hydrogen-bond donors (Lipinski definition) is 0. The molecule has 0 unspecified atom stereocenters. The summed E-state index contributed by atoms with van der Waals surface area (Å²) in [7, 11) is 0. The van der Waals surface area contributed by atoms with Crippen LogP contribution in [0.4, 0.5) is 8.78 Å². The summed E-state index contributed by atoms with van der Waals surface area (Å²) < 4.78 is 29.8. The molecule has 0 bridgehead atoms. The first-order valence-electron chi connectivity index (χ1n) is 11.8. The van der Waals surface area contributed by atoms with E-state index in [-0.39, 0.29) is 11.6 Å². The van der Waals surface area contributed by atoms with Crippen LogP contribution in [0, 0.1) is 39.4 Å². The molecule has 8 nitrogen and oxygen atoms in total. The Bertz CT molecular complexity index is 1770. The Kier molecular flexibility index (Phi) is 10.3. The summed E-state index contributed by atoms with van der Waals surface area (Å²) >= 11 is 2.18. The first-order chi connectivity index (χ1) is 20.0. The van der Waals surface area contributed by atoms with Crippen molar-refractivity contribution in [1.29, 1.82) is 0 Å². The van der Waals surface area contributed by atoms with Crippen molar-refractivity contribution >= 4 is 22.6 Å². The zero-order valence-corrected chi connectivity index (χ0v) is 23.3. The average Bonchev–Trinajstić information content (AvgIpc) is 3.68. The largest absolute Gasteiger partial charge is 0.240 e. The fourth-order valence-corrected chi connectivity index (χ4v) is 3.41. The molecule has 0 atom stereocenters. The molecule has 0 radical (unpaired) electrons. The van der Waals surface area contributed by atoms with Gasteiger partial charge in [0.15, 0.2) is 0 Å². The molecule has 11 heteroatoms. The maximum atomic E-state index is 12.9. The second-order valence-electron chi connectivity index (χ2n) is 7.77. The van der Waals surface area contributed by atoms with E-state index in [1.807, 2.05) is 6.20 Å². The molecule has 0 amide bonds. The Morgan fingerprint density at radius 3 is 1.59 bits per heavy atom. The standard InChI is InChI=1S/C15H9FN4.C9H6FIN2.C6H4N2/c16-13-3-5-14(6-4-13)20-11-12(10-19-20)2-7-15-17-8-1-9-18-15;10-7-1-3-9(4-2-7)13-6-8(11)5-12-13;1-2-6-7-4-3-5-8-6/h1,3-6,8-11H;1-6H;1,3-5H. The lowest BCUT2D eigenvalue weighted by Gasteiger charge is -1.99. The van der Waals surface area contributed by atoms with Crippen molar-refractivity contribution in [1.82, 2.24) is 39.5 Å². The molecule has 4 heterocycles. The van der Waals surface area contributed by atoms with Gasteiger partial charge in [-0.25, -0.2) is 38.1 Å². The van der Waals surface area contributed by atoms with Gasteiger partial charge in [0.2, 0.25) is 11.6 Å². The molecule has 4 aromatic heterocycles. The van der Waals surface area contributed by atoms with Crippen molar-refractivity contribution in [3.05, 3.63) is 143 Å².